The minimum Gasteiger partial charge on any atom is -0.466 e. The summed E-state index contributed by atoms with van der Waals surface area (Å²) in [7, 11) is 0. The molecule has 3 nitrogen and oxygen atoms in total. The highest BCUT2D eigenvalue weighted by molar-refractivity contribution is 5.80. The van der Waals surface area contributed by atoms with Crippen LogP contribution >= 0.6 is 0 Å². The van der Waals surface area contributed by atoms with Gasteiger partial charge in [0.1, 0.15) is 5.78 Å². The third-order valence-electron chi connectivity index (χ3n) is 2.78. The van der Waals surface area contributed by atoms with E-state index in [1.54, 1.807) is 6.92 Å². The quantitative estimate of drug-likeness (QED) is 0.450. The molecule has 0 rings (SSSR count). The summed E-state index contributed by atoms with van der Waals surface area (Å²) in [5.74, 6) is 0.404. The first kappa shape index (κ1) is 15.1. The smallest absolute Gasteiger partial charge is 0.305 e. The van der Waals surface area contributed by atoms with Crippen LogP contribution in [0.25, 0.3) is 0 Å². The van der Waals surface area contributed by atoms with Gasteiger partial charge in [-0.15, -0.1) is 0 Å². The van der Waals surface area contributed by atoms with E-state index in [4.69, 9.17) is 4.74 Å². The van der Waals surface area contributed by atoms with Crippen molar-refractivity contribution in [3.8, 4) is 0 Å². The molecular formula is C13H24O3. The Labute approximate surface area is 98.6 Å². The fourth-order valence-electron chi connectivity index (χ4n) is 1.34. The van der Waals surface area contributed by atoms with E-state index in [0.717, 1.165) is 25.7 Å². The number of rotatable bonds is 9. The van der Waals surface area contributed by atoms with Gasteiger partial charge in [-0.2, -0.15) is 0 Å². The van der Waals surface area contributed by atoms with Crippen LogP contribution in [0.5, 0.6) is 0 Å². The lowest BCUT2D eigenvalue weighted by Gasteiger charge is -2.07. The highest BCUT2D eigenvalue weighted by atomic mass is 16.5. The van der Waals surface area contributed by atoms with Crippen LogP contribution in [0.1, 0.15) is 59.3 Å². The largest absolute Gasteiger partial charge is 0.466 e. The van der Waals surface area contributed by atoms with Crippen molar-refractivity contribution in [2.24, 2.45) is 5.92 Å². The van der Waals surface area contributed by atoms with Gasteiger partial charge in [0, 0.05) is 18.8 Å². The van der Waals surface area contributed by atoms with Gasteiger partial charge in [0.2, 0.25) is 0 Å². The Kier molecular flexibility index (Phi) is 8.87. The van der Waals surface area contributed by atoms with Crippen LogP contribution in [-0.2, 0) is 14.3 Å². The van der Waals surface area contributed by atoms with E-state index < -0.39 is 0 Å². The van der Waals surface area contributed by atoms with Crippen molar-refractivity contribution in [1.82, 2.24) is 0 Å². The van der Waals surface area contributed by atoms with Gasteiger partial charge in [-0.1, -0.05) is 20.8 Å². The topological polar surface area (TPSA) is 43.4 Å². The number of Topliss-reactive ketones (excluding diaryl/α,β-unsaturated/α-hetero) is 1. The average molecular weight is 228 g/mol. The van der Waals surface area contributed by atoms with Crippen LogP contribution < -0.4 is 0 Å². The van der Waals surface area contributed by atoms with Crippen LogP contribution in [0.2, 0.25) is 0 Å². The van der Waals surface area contributed by atoms with E-state index in [0.29, 0.717) is 25.2 Å². The van der Waals surface area contributed by atoms with Gasteiger partial charge in [0.25, 0.3) is 0 Å². The number of carbonyl (C=O) groups is 2. The molecule has 0 aliphatic heterocycles. The fourth-order valence-corrected chi connectivity index (χ4v) is 1.34. The Balaban J connectivity index is 3.33. The van der Waals surface area contributed by atoms with Crippen molar-refractivity contribution in [2.45, 2.75) is 59.3 Å². The zero-order valence-electron chi connectivity index (χ0n) is 10.8. The summed E-state index contributed by atoms with van der Waals surface area (Å²) in [6.45, 7) is 6.29. The summed E-state index contributed by atoms with van der Waals surface area (Å²) < 4.78 is 4.94. The monoisotopic (exact) mass is 228 g/mol. The molecule has 0 fully saturated rings. The SMILES string of the molecule is CCC(=O)OCCCCCC(=O)C(C)CC. The molecule has 0 N–H and O–H groups in total. The predicted molar refractivity (Wildman–Crippen MR) is 64.2 cm³/mol. The van der Waals surface area contributed by atoms with Crippen molar-refractivity contribution in [3.63, 3.8) is 0 Å². The van der Waals surface area contributed by atoms with E-state index in [-0.39, 0.29) is 11.9 Å². The van der Waals surface area contributed by atoms with Crippen molar-refractivity contribution < 1.29 is 14.3 Å². The zero-order chi connectivity index (χ0) is 12.4. The lowest BCUT2D eigenvalue weighted by Crippen LogP contribution is -2.09. The molecule has 0 bridgehead atoms. The van der Waals surface area contributed by atoms with E-state index in [2.05, 4.69) is 0 Å². The van der Waals surface area contributed by atoms with Gasteiger partial charge in [-0.25, -0.2) is 0 Å². The third kappa shape index (κ3) is 7.43. The summed E-state index contributed by atoms with van der Waals surface area (Å²) in [4.78, 5) is 22.3. The number of hydrogen-bond acceptors (Lipinski definition) is 3. The number of unbranched alkanes of at least 4 members (excludes halogenated alkanes) is 2. The first-order valence-corrected chi connectivity index (χ1v) is 6.30. The van der Waals surface area contributed by atoms with Crippen LogP contribution in [0.4, 0.5) is 0 Å². The minimum atomic E-state index is -0.143. The molecule has 94 valence electrons. The molecule has 0 radical (unpaired) electrons. The van der Waals surface area contributed by atoms with Gasteiger partial charge in [-0.3, -0.25) is 9.59 Å². The number of hydrogen-bond donors (Lipinski definition) is 0. The Morgan fingerprint density at radius 3 is 2.38 bits per heavy atom. The maximum atomic E-state index is 11.5. The summed E-state index contributed by atoms with van der Waals surface area (Å²) in [6.07, 6.45) is 4.75. The van der Waals surface area contributed by atoms with Crippen LogP contribution in [-0.4, -0.2) is 18.4 Å². The lowest BCUT2D eigenvalue weighted by molar-refractivity contribution is -0.143. The molecule has 0 saturated heterocycles. The summed E-state index contributed by atoms with van der Waals surface area (Å²) >= 11 is 0. The van der Waals surface area contributed by atoms with E-state index in [1.165, 1.54) is 0 Å². The minimum absolute atomic E-state index is 0.143. The molecule has 0 aromatic carbocycles. The molecule has 0 spiro atoms. The molecule has 1 atom stereocenters. The second-order valence-corrected chi connectivity index (χ2v) is 4.16. The maximum absolute atomic E-state index is 11.5. The van der Waals surface area contributed by atoms with E-state index >= 15 is 0 Å². The number of ether oxygens (including phenoxy) is 1. The lowest BCUT2D eigenvalue weighted by atomic mass is 9.99. The molecule has 0 aromatic heterocycles. The van der Waals surface area contributed by atoms with Gasteiger partial charge < -0.3 is 4.74 Å². The molecule has 1 unspecified atom stereocenters. The van der Waals surface area contributed by atoms with Crippen molar-refractivity contribution in [1.29, 1.82) is 0 Å². The second kappa shape index (κ2) is 9.37. The molecule has 0 aliphatic carbocycles. The van der Waals surface area contributed by atoms with Crippen LogP contribution in [0.3, 0.4) is 0 Å². The number of carbonyl (C=O) groups excluding carboxylic acids is 2. The van der Waals surface area contributed by atoms with E-state index in [1.807, 2.05) is 13.8 Å². The molecule has 0 saturated carbocycles. The number of ketones is 1. The molecule has 0 amide bonds. The van der Waals surface area contributed by atoms with Gasteiger partial charge >= 0.3 is 5.97 Å². The molecular weight excluding hydrogens is 204 g/mol. The normalized spacial score (nSPS) is 12.2. The summed E-state index contributed by atoms with van der Waals surface area (Å²) in [6, 6.07) is 0. The molecule has 3 heteroatoms. The summed E-state index contributed by atoms with van der Waals surface area (Å²) in [5, 5.41) is 0. The van der Waals surface area contributed by atoms with Gasteiger partial charge in [-0.05, 0) is 25.7 Å². The first-order valence-electron chi connectivity index (χ1n) is 6.30. The Hall–Kier alpha value is -0.860. The molecule has 16 heavy (non-hydrogen) atoms. The fraction of sp³-hybridized carbons (Fsp3) is 0.846. The maximum Gasteiger partial charge on any atom is 0.305 e. The Morgan fingerprint density at radius 2 is 1.81 bits per heavy atom. The van der Waals surface area contributed by atoms with E-state index in [9.17, 15) is 9.59 Å². The first-order chi connectivity index (χ1) is 7.61. The zero-order valence-corrected chi connectivity index (χ0v) is 10.8. The van der Waals surface area contributed by atoms with Crippen molar-refractivity contribution in [2.75, 3.05) is 6.61 Å². The van der Waals surface area contributed by atoms with Crippen molar-refractivity contribution >= 4 is 11.8 Å². The highest BCUT2D eigenvalue weighted by Crippen LogP contribution is 2.09. The molecule has 0 aromatic rings. The third-order valence-corrected chi connectivity index (χ3v) is 2.78. The van der Waals surface area contributed by atoms with Gasteiger partial charge in [0.15, 0.2) is 0 Å². The molecule has 0 heterocycles. The van der Waals surface area contributed by atoms with Crippen LogP contribution in [0.15, 0.2) is 0 Å². The second-order valence-electron chi connectivity index (χ2n) is 4.16. The van der Waals surface area contributed by atoms with Crippen LogP contribution in [0, 0.1) is 5.92 Å². The summed E-state index contributed by atoms with van der Waals surface area (Å²) in [5.41, 5.74) is 0. The Bertz CT molecular complexity index is 211. The van der Waals surface area contributed by atoms with Gasteiger partial charge in [0.05, 0.1) is 6.61 Å². The number of esters is 1. The standard InChI is InChI=1S/C13H24O3/c1-4-11(3)12(14)9-7-6-8-10-16-13(15)5-2/h11H,4-10H2,1-3H3. The predicted octanol–water partition coefficient (Wildman–Crippen LogP) is 3.12. The Morgan fingerprint density at radius 1 is 1.12 bits per heavy atom. The molecule has 0 aliphatic rings. The average Bonchev–Trinajstić information content (AvgIpc) is 2.31. The van der Waals surface area contributed by atoms with Crippen molar-refractivity contribution in [3.05, 3.63) is 0 Å². The highest BCUT2D eigenvalue weighted by Gasteiger charge is 2.09.